The van der Waals surface area contributed by atoms with Gasteiger partial charge in [-0.15, -0.1) is 0 Å². The minimum absolute atomic E-state index is 0.0795. The summed E-state index contributed by atoms with van der Waals surface area (Å²) in [6.45, 7) is 2.18. The van der Waals surface area contributed by atoms with Crippen LogP contribution in [0.4, 0.5) is 0 Å². The van der Waals surface area contributed by atoms with E-state index in [1.165, 1.54) is 12.8 Å². The Morgan fingerprint density at radius 1 is 1.32 bits per heavy atom. The maximum absolute atomic E-state index is 12.9. The van der Waals surface area contributed by atoms with E-state index >= 15 is 0 Å². The van der Waals surface area contributed by atoms with Crippen LogP contribution in [0.25, 0.3) is 0 Å². The third-order valence-corrected chi connectivity index (χ3v) is 5.95. The van der Waals surface area contributed by atoms with E-state index in [0.717, 1.165) is 51.6 Å². The van der Waals surface area contributed by atoms with E-state index in [2.05, 4.69) is 16.1 Å². The Morgan fingerprint density at radius 3 is 2.80 bits per heavy atom. The molecule has 1 atom stereocenters. The van der Waals surface area contributed by atoms with Crippen molar-refractivity contribution in [1.29, 1.82) is 5.26 Å². The first kappa shape index (κ1) is 17.9. The predicted octanol–water partition coefficient (Wildman–Crippen LogP) is 2.42. The number of hydrogen-bond acceptors (Lipinski definition) is 4. The second-order valence-corrected chi connectivity index (χ2v) is 7.50. The molecule has 2 aliphatic rings. The van der Waals surface area contributed by atoms with Gasteiger partial charge in [0.1, 0.15) is 5.54 Å². The van der Waals surface area contributed by atoms with Gasteiger partial charge in [-0.3, -0.25) is 14.4 Å². The molecule has 6 nitrogen and oxygen atoms in total. The number of rotatable bonds is 5. The highest BCUT2D eigenvalue weighted by atomic mass is 16.2. The molecule has 1 aromatic heterocycles. The second kappa shape index (κ2) is 8.01. The summed E-state index contributed by atoms with van der Waals surface area (Å²) >= 11 is 0. The van der Waals surface area contributed by atoms with E-state index in [1.807, 2.05) is 24.0 Å². The Morgan fingerprint density at radius 2 is 2.12 bits per heavy atom. The van der Waals surface area contributed by atoms with Crippen LogP contribution in [0.2, 0.25) is 0 Å². The number of hydrogen-bond donors (Lipinski definition) is 0. The first-order valence-corrected chi connectivity index (χ1v) is 9.54. The number of nitriles is 1. The highest BCUT2D eigenvalue weighted by Gasteiger charge is 2.39. The minimum Gasteiger partial charge on any atom is -0.326 e. The standard InChI is InChI=1S/C19H29N5O/c1-22(19(16-20)9-4-2-5-10-19)18(25)15-23-12-6-3-8-17(23)14-24-13-7-11-21-24/h7,11,13,17H,2-6,8-10,12,14-15H2,1H3. The molecule has 1 aliphatic heterocycles. The van der Waals surface area contributed by atoms with Gasteiger partial charge in [-0.25, -0.2) is 0 Å². The van der Waals surface area contributed by atoms with E-state index in [4.69, 9.17) is 0 Å². The summed E-state index contributed by atoms with van der Waals surface area (Å²) in [5.74, 6) is 0.0795. The molecule has 25 heavy (non-hydrogen) atoms. The topological polar surface area (TPSA) is 65.2 Å². The molecule has 136 valence electrons. The second-order valence-electron chi connectivity index (χ2n) is 7.50. The van der Waals surface area contributed by atoms with Crippen LogP contribution in [0.15, 0.2) is 18.5 Å². The van der Waals surface area contributed by atoms with Crippen LogP contribution in [0.3, 0.4) is 0 Å². The van der Waals surface area contributed by atoms with Crippen molar-refractivity contribution in [1.82, 2.24) is 19.6 Å². The summed E-state index contributed by atoms with van der Waals surface area (Å²) in [5.41, 5.74) is -0.595. The SMILES string of the molecule is CN(C(=O)CN1CCCCC1Cn1cccn1)C1(C#N)CCCCC1. The largest absolute Gasteiger partial charge is 0.326 e. The first-order valence-electron chi connectivity index (χ1n) is 9.54. The van der Waals surface area contributed by atoms with Gasteiger partial charge < -0.3 is 4.90 Å². The van der Waals surface area contributed by atoms with Gasteiger partial charge in [0, 0.05) is 25.5 Å². The summed E-state index contributed by atoms with van der Waals surface area (Å²) in [5, 5.41) is 14.0. The quantitative estimate of drug-likeness (QED) is 0.823. The van der Waals surface area contributed by atoms with Crippen LogP contribution >= 0.6 is 0 Å². The number of likely N-dealkylation sites (tertiary alicyclic amines) is 1. The van der Waals surface area contributed by atoms with Gasteiger partial charge >= 0.3 is 0 Å². The number of nitrogens with zero attached hydrogens (tertiary/aromatic N) is 5. The molecule has 3 rings (SSSR count). The molecule has 0 N–H and O–H groups in total. The maximum Gasteiger partial charge on any atom is 0.237 e. The van der Waals surface area contributed by atoms with Gasteiger partial charge in [0.2, 0.25) is 5.91 Å². The average molecular weight is 343 g/mol. The number of piperidine rings is 1. The van der Waals surface area contributed by atoms with Gasteiger partial charge in [-0.2, -0.15) is 10.4 Å². The summed E-state index contributed by atoms with van der Waals surface area (Å²) < 4.78 is 1.95. The molecule has 2 fully saturated rings. The van der Waals surface area contributed by atoms with Crippen molar-refractivity contribution in [3.8, 4) is 6.07 Å². The predicted molar refractivity (Wildman–Crippen MR) is 95.6 cm³/mol. The van der Waals surface area contributed by atoms with E-state index in [0.29, 0.717) is 12.6 Å². The van der Waals surface area contributed by atoms with Gasteiger partial charge in [0.05, 0.1) is 19.2 Å². The van der Waals surface area contributed by atoms with Crippen molar-refractivity contribution >= 4 is 5.91 Å². The van der Waals surface area contributed by atoms with E-state index in [9.17, 15) is 10.1 Å². The van der Waals surface area contributed by atoms with E-state index in [1.54, 1.807) is 11.1 Å². The van der Waals surface area contributed by atoms with E-state index in [-0.39, 0.29) is 5.91 Å². The molecule has 1 unspecified atom stereocenters. The highest BCUT2D eigenvalue weighted by Crippen LogP contribution is 2.32. The van der Waals surface area contributed by atoms with Crippen LogP contribution in [0.1, 0.15) is 51.4 Å². The van der Waals surface area contributed by atoms with Crippen LogP contribution in [0.5, 0.6) is 0 Å². The molecule has 0 aromatic carbocycles. The molecule has 1 amide bonds. The van der Waals surface area contributed by atoms with Crippen molar-refractivity contribution in [2.75, 3.05) is 20.1 Å². The summed E-state index contributed by atoms with van der Waals surface area (Å²) in [4.78, 5) is 17.0. The fourth-order valence-electron chi connectivity index (χ4n) is 4.28. The van der Waals surface area contributed by atoms with Crippen molar-refractivity contribution in [2.45, 2.75) is 69.5 Å². The Balaban J connectivity index is 1.64. The normalized spacial score (nSPS) is 23.8. The summed E-state index contributed by atoms with van der Waals surface area (Å²) in [6, 6.07) is 4.73. The summed E-state index contributed by atoms with van der Waals surface area (Å²) in [7, 11) is 1.82. The molecule has 1 saturated carbocycles. The minimum atomic E-state index is -0.595. The lowest BCUT2D eigenvalue weighted by Gasteiger charge is -2.41. The zero-order valence-corrected chi connectivity index (χ0v) is 15.2. The number of carbonyl (C=O) groups excluding carboxylic acids is 1. The van der Waals surface area contributed by atoms with Crippen LogP contribution in [0, 0.1) is 11.3 Å². The molecule has 1 aromatic rings. The number of aromatic nitrogens is 2. The molecular weight excluding hydrogens is 314 g/mol. The fourth-order valence-corrected chi connectivity index (χ4v) is 4.28. The lowest BCUT2D eigenvalue weighted by Crippen LogP contribution is -2.54. The molecule has 1 aliphatic carbocycles. The van der Waals surface area contributed by atoms with Gasteiger partial charge in [0.15, 0.2) is 0 Å². The molecule has 2 heterocycles. The molecule has 1 saturated heterocycles. The fraction of sp³-hybridized carbons (Fsp3) is 0.737. The highest BCUT2D eigenvalue weighted by molar-refractivity contribution is 5.79. The summed E-state index contributed by atoms with van der Waals surface area (Å²) in [6.07, 6.45) is 12.1. The maximum atomic E-state index is 12.9. The van der Waals surface area contributed by atoms with Crippen LogP contribution in [-0.4, -0.2) is 57.2 Å². The van der Waals surface area contributed by atoms with Gasteiger partial charge in [-0.05, 0) is 38.3 Å². The smallest absolute Gasteiger partial charge is 0.237 e. The van der Waals surface area contributed by atoms with Gasteiger partial charge in [0.25, 0.3) is 0 Å². The van der Waals surface area contributed by atoms with Crippen molar-refractivity contribution in [3.63, 3.8) is 0 Å². The Hall–Kier alpha value is -1.87. The van der Waals surface area contributed by atoms with Crippen molar-refractivity contribution < 1.29 is 4.79 Å². The average Bonchev–Trinajstić information content (AvgIpc) is 3.16. The zero-order chi connectivity index (χ0) is 17.7. The van der Waals surface area contributed by atoms with Crippen LogP contribution in [-0.2, 0) is 11.3 Å². The van der Waals surface area contributed by atoms with Crippen LogP contribution < -0.4 is 0 Å². The Kier molecular flexibility index (Phi) is 5.74. The third kappa shape index (κ3) is 4.04. The lowest BCUT2D eigenvalue weighted by atomic mass is 9.81. The number of carbonyl (C=O) groups is 1. The molecule has 0 spiro atoms. The molecule has 0 bridgehead atoms. The van der Waals surface area contributed by atoms with Crippen molar-refractivity contribution in [3.05, 3.63) is 18.5 Å². The molecule has 0 radical (unpaired) electrons. The Labute approximate surface area is 150 Å². The Bertz CT molecular complexity index is 600. The molecule has 6 heteroatoms. The first-order chi connectivity index (χ1) is 12.1. The monoisotopic (exact) mass is 343 g/mol. The van der Waals surface area contributed by atoms with E-state index < -0.39 is 5.54 Å². The van der Waals surface area contributed by atoms with Crippen molar-refractivity contribution in [2.24, 2.45) is 0 Å². The molecular formula is C19H29N5O. The number of amides is 1. The lowest BCUT2D eigenvalue weighted by molar-refractivity contribution is -0.137. The third-order valence-electron chi connectivity index (χ3n) is 5.95. The zero-order valence-electron chi connectivity index (χ0n) is 15.2. The number of likely N-dealkylation sites (N-methyl/N-ethyl adjacent to an activating group) is 1. The van der Waals surface area contributed by atoms with Gasteiger partial charge in [-0.1, -0.05) is 25.7 Å².